The van der Waals surface area contributed by atoms with Crippen molar-refractivity contribution >= 4 is 34.5 Å². The molecular formula is C21H22N2O3S. The van der Waals surface area contributed by atoms with Crippen LogP contribution in [-0.2, 0) is 17.8 Å². The van der Waals surface area contributed by atoms with Gasteiger partial charge in [0.05, 0.1) is 12.3 Å². The van der Waals surface area contributed by atoms with Crippen molar-refractivity contribution in [3.63, 3.8) is 0 Å². The van der Waals surface area contributed by atoms with Gasteiger partial charge in [0.25, 0.3) is 11.1 Å². The first-order valence-corrected chi connectivity index (χ1v) is 10.0. The van der Waals surface area contributed by atoms with E-state index in [1.807, 2.05) is 30.3 Å². The lowest BCUT2D eigenvalue weighted by molar-refractivity contribution is -0.125. The van der Waals surface area contributed by atoms with Gasteiger partial charge in [-0.05, 0) is 48.2 Å². The van der Waals surface area contributed by atoms with Crippen LogP contribution in [0.15, 0.2) is 48.5 Å². The second-order valence-electron chi connectivity index (χ2n) is 6.49. The Morgan fingerprint density at radius 1 is 1.11 bits per heavy atom. The summed E-state index contributed by atoms with van der Waals surface area (Å²) in [7, 11) is 0. The standard InChI is InChI=1S/C21H22N2O3S/c1-2-3-5-15-8-10-18(11-9-15)22-20(25)17-7-4-6-16(12-17)13-23-19(24)14-27-21(23)26/h4,6-12H,2-3,5,13-14H2,1H3,(H,22,25). The summed E-state index contributed by atoms with van der Waals surface area (Å²) >= 11 is 1.01. The van der Waals surface area contributed by atoms with Crippen LogP contribution in [0.5, 0.6) is 0 Å². The largest absolute Gasteiger partial charge is 0.322 e. The molecule has 0 aliphatic carbocycles. The van der Waals surface area contributed by atoms with Crippen molar-refractivity contribution in [2.24, 2.45) is 0 Å². The van der Waals surface area contributed by atoms with Gasteiger partial charge in [0.2, 0.25) is 5.91 Å². The fraction of sp³-hybridized carbons (Fsp3) is 0.286. The van der Waals surface area contributed by atoms with Crippen LogP contribution < -0.4 is 5.32 Å². The molecule has 1 aliphatic rings. The lowest BCUT2D eigenvalue weighted by Crippen LogP contribution is -2.28. The molecule has 0 unspecified atom stereocenters. The van der Waals surface area contributed by atoms with E-state index in [9.17, 15) is 14.4 Å². The number of hydrogen-bond donors (Lipinski definition) is 1. The Bertz CT molecular complexity index is 833. The van der Waals surface area contributed by atoms with Crippen LogP contribution in [0.4, 0.5) is 10.5 Å². The quantitative estimate of drug-likeness (QED) is 0.767. The zero-order valence-electron chi connectivity index (χ0n) is 15.2. The van der Waals surface area contributed by atoms with Crippen molar-refractivity contribution in [2.45, 2.75) is 32.7 Å². The third kappa shape index (κ3) is 4.98. The Hall–Kier alpha value is -2.60. The molecule has 1 aliphatic heterocycles. The normalized spacial score (nSPS) is 13.9. The molecule has 1 heterocycles. The highest BCUT2D eigenvalue weighted by atomic mass is 32.2. The number of hydrogen-bond acceptors (Lipinski definition) is 4. The monoisotopic (exact) mass is 382 g/mol. The fourth-order valence-corrected chi connectivity index (χ4v) is 3.59. The number of aryl methyl sites for hydroxylation is 1. The van der Waals surface area contributed by atoms with Gasteiger partial charge in [-0.3, -0.25) is 19.3 Å². The smallest absolute Gasteiger partial charge is 0.289 e. The van der Waals surface area contributed by atoms with Crippen molar-refractivity contribution in [3.8, 4) is 0 Å². The lowest BCUT2D eigenvalue weighted by Gasteiger charge is -2.13. The van der Waals surface area contributed by atoms with Gasteiger partial charge in [0.1, 0.15) is 0 Å². The molecule has 1 saturated heterocycles. The molecular weight excluding hydrogens is 360 g/mol. The number of unbranched alkanes of at least 4 members (excludes halogenated alkanes) is 1. The highest BCUT2D eigenvalue weighted by molar-refractivity contribution is 8.14. The number of anilines is 1. The van der Waals surface area contributed by atoms with Gasteiger partial charge < -0.3 is 5.32 Å². The molecule has 27 heavy (non-hydrogen) atoms. The molecule has 3 amide bonds. The summed E-state index contributed by atoms with van der Waals surface area (Å²) in [6.07, 6.45) is 3.35. The van der Waals surface area contributed by atoms with Crippen LogP contribution in [-0.4, -0.2) is 27.7 Å². The van der Waals surface area contributed by atoms with Crippen molar-refractivity contribution in [2.75, 3.05) is 11.1 Å². The Morgan fingerprint density at radius 3 is 2.56 bits per heavy atom. The SMILES string of the molecule is CCCCc1ccc(NC(=O)c2cccc(CN3C(=O)CSC3=O)c2)cc1. The zero-order chi connectivity index (χ0) is 19.2. The van der Waals surface area contributed by atoms with E-state index < -0.39 is 0 Å². The third-order valence-electron chi connectivity index (χ3n) is 4.40. The van der Waals surface area contributed by atoms with Gasteiger partial charge >= 0.3 is 0 Å². The summed E-state index contributed by atoms with van der Waals surface area (Å²) in [5.74, 6) is -0.220. The van der Waals surface area contributed by atoms with Crippen LogP contribution >= 0.6 is 11.8 Å². The Morgan fingerprint density at radius 2 is 1.89 bits per heavy atom. The first kappa shape index (κ1) is 19.2. The molecule has 0 aromatic heterocycles. The van der Waals surface area contributed by atoms with Crippen LogP contribution in [0.2, 0.25) is 0 Å². The van der Waals surface area contributed by atoms with E-state index in [0.717, 1.165) is 42.3 Å². The average Bonchev–Trinajstić information content (AvgIpc) is 2.99. The molecule has 0 spiro atoms. The summed E-state index contributed by atoms with van der Waals surface area (Å²) in [6, 6.07) is 14.9. The fourth-order valence-electron chi connectivity index (χ4n) is 2.87. The molecule has 0 atom stereocenters. The summed E-state index contributed by atoms with van der Waals surface area (Å²) in [5.41, 5.74) is 3.25. The van der Waals surface area contributed by atoms with E-state index in [-0.39, 0.29) is 29.4 Å². The highest BCUT2D eigenvalue weighted by Gasteiger charge is 2.29. The minimum Gasteiger partial charge on any atom is -0.322 e. The van der Waals surface area contributed by atoms with Gasteiger partial charge in [-0.2, -0.15) is 0 Å². The molecule has 0 bridgehead atoms. The lowest BCUT2D eigenvalue weighted by atomic mass is 10.1. The van der Waals surface area contributed by atoms with Crippen molar-refractivity contribution in [1.82, 2.24) is 4.90 Å². The first-order chi connectivity index (χ1) is 13.1. The Balaban J connectivity index is 1.64. The number of rotatable bonds is 7. The summed E-state index contributed by atoms with van der Waals surface area (Å²) in [4.78, 5) is 37.2. The van der Waals surface area contributed by atoms with Gasteiger partial charge in [-0.1, -0.05) is 49.4 Å². The van der Waals surface area contributed by atoms with E-state index in [1.165, 1.54) is 10.5 Å². The number of carbonyl (C=O) groups excluding carboxylic acids is 3. The highest BCUT2D eigenvalue weighted by Crippen LogP contribution is 2.22. The first-order valence-electron chi connectivity index (χ1n) is 9.03. The topological polar surface area (TPSA) is 66.5 Å². The Labute approximate surface area is 163 Å². The number of benzene rings is 2. The molecule has 3 rings (SSSR count). The summed E-state index contributed by atoms with van der Waals surface area (Å²) in [5, 5.41) is 2.65. The molecule has 5 nitrogen and oxygen atoms in total. The maximum Gasteiger partial charge on any atom is 0.289 e. The number of amides is 3. The molecule has 1 N–H and O–H groups in total. The van der Waals surface area contributed by atoms with Crippen LogP contribution in [0.1, 0.15) is 41.3 Å². The molecule has 0 saturated carbocycles. The van der Waals surface area contributed by atoms with E-state index in [2.05, 4.69) is 12.2 Å². The molecule has 2 aromatic carbocycles. The van der Waals surface area contributed by atoms with Crippen molar-refractivity contribution in [3.05, 3.63) is 65.2 Å². The number of thioether (sulfide) groups is 1. The number of nitrogens with zero attached hydrogens (tertiary/aromatic N) is 1. The van der Waals surface area contributed by atoms with Crippen LogP contribution in [0, 0.1) is 0 Å². The van der Waals surface area contributed by atoms with Gasteiger partial charge in [-0.15, -0.1) is 0 Å². The second-order valence-corrected chi connectivity index (χ2v) is 7.42. The maximum atomic E-state index is 12.5. The predicted molar refractivity (Wildman–Crippen MR) is 108 cm³/mol. The van der Waals surface area contributed by atoms with Crippen molar-refractivity contribution < 1.29 is 14.4 Å². The van der Waals surface area contributed by atoms with E-state index >= 15 is 0 Å². The molecule has 2 aromatic rings. The van der Waals surface area contributed by atoms with E-state index in [0.29, 0.717) is 5.56 Å². The van der Waals surface area contributed by atoms with E-state index in [1.54, 1.807) is 18.2 Å². The molecule has 140 valence electrons. The second kappa shape index (κ2) is 8.86. The molecule has 1 fully saturated rings. The number of carbonyl (C=O) groups is 3. The minimum absolute atomic E-state index is 0.188. The summed E-state index contributed by atoms with van der Waals surface area (Å²) in [6.45, 7) is 2.36. The third-order valence-corrected chi connectivity index (χ3v) is 5.26. The summed E-state index contributed by atoms with van der Waals surface area (Å²) < 4.78 is 0. The molecule has 0 radical (unpaired) electrons. The number of nitrogens with one attached hydrogen (secondary N) is 1. The predicted octanol–water partition coefficient (Wildman–Crippen LogP) is 4.48. The number of imide groups is 1. The Kier molecular flexibility index (Phi) is 6.29. The minimum atomic E-state index is -0.238. The van der Waals surface area contributed by atoms with Crippen LogP contribution in [0.3, 0.4) is 0 Å². The van der Waals surface area contributed by atoms with Gasteiger partial charge in [-0.25, -0.2) is 0 Å². The average molecular weight is 382 g/mol. The molecule has 6 heteroatoms. The maximum absolute atomic E-state index is 12.5. The zero-order valence-corrected chi connectivity index (χ0v) is 16.1. The van der Waals surface area contributed by atoms with E-state index in [4.69, 9.17) is 0 Å². The van der Waals surface area contributed by atoms with Gasteiger partial charge in [0, 0.05) is 11.3 Å². The van der Waals surface area contributed by atoms with Gasteiger partial charge in [0.15, 0.2) is 0 Å². The van der Waals surface area contributed by atoms with Crippen molar-refractivity contribution in [1.29, 1.82) is 0 Å². The van der Waals surface area contributed by atoms with Crippen LogP contribution in [0.25, 0.3) is 0 Å².